The van der Waals surface area contributed by atoms with Crippen molar-refractivity contribution in [2.75, 3.05) is 4.72 Å². The Morgan fingerprint density at radius 2 is 1.86 bits per heavy atom. The van der Waals surface area contributed by atoms with E-state index in [2.05, 4.69) is 0 Å². The number of phenolic OH excluding ortho intramolecular Hbond substituents is 1. The second-order valence-electron chi connectivity index (χ2n) is 3.99. The van der Waals surface area contributed by atoms with Crippen molar-refractivity contribution in [3.05, 3.63) is 58.4 Å². The highest BCUT2D eigenvalue weighted by molar-refractivity contribution is 7.92. The van der Waals surface area contributed by atoms with Gasteiger partial charge in [-0.15, -0.1) is 0 Å². The minimum atomic E-state index is -4.30. The van der Waals surface area contributed by atoms with Gasteiger partial charge in [0.1, 0.15) is 11.6 Å². The summed E-state index contributed by atoms with van der Waals surface area (Å²) in [7, 11) is -4.30. The highest BCUT2D eigenvalue weighted by atomic mass is 32.2. The van der Waals surface area contributed by atoms with E-state index < -0.39 is 37.1 Å². The highest BCUT2D eigenvalue weighted by Gasteiger charge is 2.25. The SMILES string of the molecule is O=[N+]([O-])c1ccccc1S(=O)(=O)Nc1ccc(F)cc1O. The third-order valence-corrected chi connectivity index (χ3v) is 3.97. The van der Waals surface area contributed by atoms with Gasteiger partial charge in [-0.3, -0.25) is 14.8 Å². The molecule has 0 radical (unpaired) electrons. The third-order valence-electron chi connectivity index (χ3n) is 2.56. The maximum Gasteiger partial charge on any atom is 0.289 e. The van der Waals surface area contributed by atoms with Crippen LogP contribution in [0.3, 0.4) is 0 Å². The summed E-state index contributed by atoms with van der Waals surface area (Å²) < 4.78 is 39.1. The van der Waals surface area contributed by atoms with Crippen LogP contribution in [0.25, 0.3) is 0 Å². The summed E-state index contributed by atoms with van der Waals surface area (Å²) in [5.74, 6) is -1.38. The van der Waals surface area contributed by atoms with Crippen molar-refractivity contribution < 1.29 is 22.8 Å². The smallest absolute Gasteiger partial charge is 0.289 e. The number of nitro benzene ring substituents is 1. The molecular formula is C12H9FN2O5S. The average Bonchev–Trinajstić information content (AvgIpc) is 2.42. The first kappa shape index (κ1) is 14.7. The second-order valence-corrected chi connectivity index (χ2v) is 5.64. The first-order valence-corrected chi connectivity index (χ1v) is 7.04. The van der Waals surface area contributed by atoms with Crippen LogP contribution in [0, 0.1) is 15.9 Å². The van der Waals surface area contributed by atoms with Gasteiger partial charge in [-0.05, 0) is 18.2 Å². The van der Waals surface area contributed by atoms with Crippen LogP contribution in [-0.2, 0) is 10.0 Å². The number of nitro groups is 1. The Morgan fingerprint density at radius 1 is 1.19 bits per heavy atom. The highest BCUT2D eigenvalue weighted by Crippen LogP contribution is 2.29. The molecule has 2 aromatic rings. The second kappa shape index (κ2) is 5.37. The molecule has 110 valence electrons. The molecule has 0 aliphatic heterocycles. The molecule has 0 aliphatic carbocycles. The van der Waals surface area contributed by atoms with Crippen LogP contribution in [-0.4, -0.2) is 18.4 Å². The van der Waals surface area contributed by atoms with Gasteiger partial charge < -0.3 is 5.11 Å². The molecule has 21 heavy (non-hydrogen) atoms. The van der Waals surface area contributed by atoms with Gasteiger partial charge in [0.25, 0.3) is 15.7 Å². The number of halogens is 1. The first-order chi connectivity index (χ1) is 9.81. The van der Waals surface area contributed by atoms with Gasteiger partial charge in [-0.1, -0.05) is 12.1 Å². The van der Waals surface area contributed by atoms with E-state index in [0.717, 1.165) is 30.3 Å². The number of phenols is 1. The van der Waals surface area contributed by atoms with Gasteiger partial charge in [-0.25, -0.2) is 12.8 Å². The standard InChI is InChI=1S/C12H9FN2O5S/c13-8-5-6-9(11(16)7-8)14-21(19,20)12-4-2-1-3-10(12)15(17)18/h1-7,14,16H. The number of hydrogen-bond donors (Lipinski definition) is 2. The lowest BCUT2D eigenvalue weighted by molar-refractivity contribution is -0.387. The molecule has 0 saturated heterocycles. The van der Waals surface area contributed by atoms with Crippen LogP contribution in [0.1, 0.15) is 0 Å². The van der Waals surface area contributed by atoms with Crippen LogP contribution >= 0.6 is 0 Å². The molecule has 0 saturated carbocycles. The lowest BCUT2D eigenvalue weighted by Gasteiger charge is -2.09. The average molecular weight is 312 g/mol. The lowest BCUT2D eigenvalue weighted by Crippen LogP contribution is -2.14. The van der Waals surface area contributed by atoms with Crippen molar-refractivity contribution in [2.24, 2.45) is 0 Å². The Hall–Kier alpha value is -2.68. The predicted molar refractivity (Wildman–Crippen MR) is 72.0 cm³/mol. The van der Waals surface area contributed by atoms with Crippen molar-refractivity contribution in [2.45, 2.75) is 4.90 Å². The Labute approximate surface area is 118 Å². The largest absolute Gasteiger partial charge is 0.506 e. The van der Waals surface area contributed by atoms with E-state index in [-0.39, 0.29) is 5.69 Å². The van der Waals surface area contributed by atoms with E-state index in [1.165, 1.54) is 12.1 Å². The Morgan fingerprint density at radius 3 is 2.48 bits per heavy atom. The van der Waals surface area contributed by atoms with Crippen LogP contribution in [0.4, 0.5) is 15.8 Å². The molecule has 0 fully saturated rings. The fourth-order valence-corrected chi connectivity index (χ4v) is 2.87. The van der Waals surface area contributed by atoms with Crippen LogP contribution in [0.5, 0.6) is 5.75 Å². The number of nitrogens with one attached hydrogen (secondary N) is 1. The molecule has 0 amide bonds. The molecule has 0 unspecified atom stereocenters. The van der Waals surface area contributed by atoms with Crippen LogP contribution in [0.2, 0.25) is 0 Å². The Bertz CT molecular complexity index is 807. The number of anilines is 1. The van der Waals surface area contributed by atoms with Crippen molar-refractivity contribution in [3.8, 4) is 5.75 Å². The van der Waals surface area contributed by atoms with E-state index in [0.29, 0.717) is 0 Å². The molecule has 0 aliphatic rings. The molecule has 0 spiro atoms. The Kier molecular flexibility index (Phi) is 3.76. The van der Waals surface area contributed by atoms with E-state index in [9.17, 15) is 28.0 Å². The summed E-state index contributed by atoms with van der Waals surface area (Å²) in [6, 6.07) is 7.42. The van der Waals surface area contributed by atoms with E-state index in [1.54, 1.807) is 0 Å². The van der Waals surface area contributed by atoms with E-state index in [4.69, 9.17) is 0 Å². The van der Waals surface area contributed by atoms with Gasteiger partial charge in [0.2, 0.25) is 0 Å². The van der Waals surface area contributed by atoms with Crippen molar-refractivity contribution in [3.63, 3.8) is 0 Å². The van der Waals surface area contributed by atoms with Gasteiger partial charge in [0.05, 0.1) is 10.6 Å². The van der Waals surface area contributed by atoms with E-state index in [1.807, 2.05) is 4.72 Å². The maximum atomic E-state index is 12.8. The molecule has 2 rings (SSSR count). The summed E-state index contributed by atoms with van der Waals surface area (Å²) in [6.07, 6.45) is 0. The third kappa shape index (κ3) is 3.08. The van der Waals surface area contributed by atoms with Gasteiger partial charge in [-0.2, -0.15) is 0 Å². The molecule has 0 bridgehead atoms. The van der Waals surface area contributed by atoms with Crippen molar-refractivity contribution in [1.82, 2.24) is 0 Å². The number of sulfonamides is 1. The number of para-hydroxylation sites is 1. The van der Waals surface area contributed by atoms with Gasteiger partial charge in [0.15, 0.2) is 4.90 Å². The number of rotatable bonds is 4. The lowest BCUT2D eigenvalue weighted by atomic mass is 10.3. The number of nitrogens with zero attached hydrogens (tertiary/aromatic N) is 1. The van der Waals surface area contributed by atoms with E-state index >= 15 is 0 Å². The quantitative estimate of drug-likeness (QED) is 0.511. The zero-order valence-corrected chi connectivity index (χ0v) is 11.2. The molecule has 0 atom stereocenters. The summed E-state index contributed by atoms with van der Waals surface area (Å²) in [4.78, 5) is 9.46. The monoisotopic (exact) mass is 312 g/mol. The zero-order chi connectivity index (χ0) is 15.6. The van der Waals surface area contributed by atoms with Crippen molar-refractivity contribution in [1.29, 1.82) is 0 Å². The molecule has 0 aromatic heterocycles. The molecule has 0 heterocycles. The predicted octanol–water partition coefficient (Wildman–Crippen LogP) is 2.24. The zero-order valence-electron chi connectivity index (χ0n) is 10.4. The number of hydrogen-bond acceptors (Lipinski definition) is 5. The summed E-state index contributed by atoms with van der Waals surface area (Å²) in [5, 5.41) is 20.3. The topological polar surface area (TPSA) is 110 Å². The van der Waals surface area contributed by atoms with Crippen LogP contribution in [0.15, 0.2) is 47.4 Å². The number of aromatic hydroxyl groups is 1. The molecule has 9 heteroatoms. The summed E-state index contributed by atoms with van der Waals surface area (Å²) in [5.41, 5.74) is -0.888. The fraction of sp³-hybridized carbons (Fsp3) is 0. The first-order valence-electron chi connectivity index (χ1n) is 5.56. The normalized spacial score (nSPS) is 11.1. The number of benzene rings is 2. The molecular weight excluding hydrogens is 303 g/mol. The molecule has 2 N–H and O–H groups in total. The van der Waals surface area contributed by atoms with Crippen molar-refractivity contribution >= 4 is 21.4 Å². The van der Waals surface area contributed by atoms with Crippen LogP contribution < -0.4 is 4.72 Å². The fourth-order valence-electron chi connectivity index (χ4n) is 1.63. The minimum absolute atomic E-state index is 0.283. The maximum absolute atomic E-state index is 12.8. The van der Waals surface area contributed by atoms with Gasteiger partial charge >= 0.3 is 0 Å². The summed E-state index contributed by atoms with van der Waals surface area (Å²) in [6.45, 7) is 0. The summed E-state index contributed by atoms with van der Waals surface area (Å²) >= 11 is 0. The minimum Gasteiger partial charge on any atom is -0.506 e. The Balaban J connectivity index is 2.46. The van der Waals surface area contributed by atoms with Gasteiger partial charge in [0, 0.05) is 12.1 Å². The molecule has 7 nitrogen and oxygen atoms in total. The molecule has 2 aromatic carbocycles.